The second-order valence-electron chi connectivity index (χ2n) is 5.17. The first kappa shape index (κ1) is 14.3. The summed E-state index contributed by atoms with van der Waals surface area (Å²) in [5, 5.41) is 9.29. The second-order valence-corrected chi connectivity index (χ2v) is 5.17. The molecule has 1 aromatic carbocycles. The molecule has 1 saturated heterocycles. The third kappa shape index (κ3) is 2.86. The number of ether oxygens (including phenoxy) is 1. The Morgan fingerprint density at radius 3 is 2.68 bits per heavy atom. The van der Waals surface area contributed by atoms with Gasteiger partial charge in [0.1, 0.15) is 5.75 Å². The van der Waals surface area contributed by atoms with Crippen LogP contribution >= 0.6 is 0 Å². The Labute approximate surface area is 128 Å². The van der Waals surface area contributed by atoms with Gasteiger partial charge < -0.3 is 14.7 Å². The van der Waals surface area contributed by atoms with Crippen molar-refractivity contribution in [3.8, 4) is 17.0 Å². The summed E-state index contributed by atoms with van der Waals surface area (Å²) >= 11 is 0. The summed E-state index contributed by atoms with van der Waals surface area (Å²) in [6, 6.07) is 8.90. The molecule has 1 aliphatic heterocycles. The number of carboxylic acid groups (broad SMARTS) is 1. The number of methoxy groups -OCH3 is 1. The molecule has 2 heterocycles. The predicted molar refractivity (Wildman–Crippen MR) is 82.4 cm³/mol. The highest BCUT2D eigenvalue weighted by molar-refractivity contribution is 5.87. The van der Waals surface area contributed by atoms with Gasteiger partial charge in [-0.3, -0.25) is 0 Å². The Bertz CT molecular complexity index is 697. The number of aromatic nitrogens is 2. The SMILES string of the molecule is COc1cccc(-c2cc(C(=O)O)nc(N3CCCC3)n2)c1. The molecule has 0 aliphatic carbocycles. The molecule has 2 aromatic rings. The molecule has 6 nitrogen and oxygen atoms in total. The zero-order valence-corrected chi connectivity index (χ0v) is 12.3. The van der Waals surface area contributed by atoms with Crippen molar-refractivity contribution < 1.29 is 14.6 Å². The van der Waals surface area contributed by atoms with Crippen LogP contribution in [0.5, 0.6) is 5.75 Å². The van der Waals surface area contributed by atoms with Crippen LogP contribution < -0.4 is 9.64 Å². The maximum Gasteiger partial charge on any atom is 0.354 e. The van der Waals surface area contributed by atoms with E-state index in [-0.39, 0.29) is 5.69 Å². The highest BCUT2D eigenvalue weighted by atomic mass is 16.5. The Hall–Kier alpha value is -2.63. The van der Waals surface area contributed by atoms with Crippen LogP contribution in [0.25, 0.3) is 11.3 Å². The zero-order chi connectivity index (χ0) is 15.5. The number of carboxylic acids is 1. The predicted octanol–water partition coefficient (Wildman–Crippen LogP) is 2.45. The van der Waals surface area contributed by atoms with Crippen molar-refractivity contribution in [2.24, 2.45) is 0 Å². The zero-order valence-electron chi connectivity index (χ0n) is 12.3. The van der Waals surface area contributed by atoms with Crippen molar-refractivity contribution in [3.63, 3.8) is 0 Å². The number of hydrogen-bond acceptors (Lipinski definition) is 5. The number of nitrogens with zero attached hydrogens (tertiary/aromatic N) is 3. The van der Waals surface area contributed by atoms with Gasteiger partial charge in [0.2, 0.25) is 5.95 Å². The summed E-state index contributed by atoms with van der Waals surface area (Å²) in [6.45, 7) is 1.72. The number of carbonyl (C=O) groups is 1. The highest BCUT2D eigenvalue weighted by Gasteiger charge is 2.19. The topological polar surface area (TPSA) is 75.6 Å². The van der Waals surface area contributed by atoms with Crippen molar-refractivity contribution in [1.29, 1.82) is 0 Å². The third-order valence-electron chi connectivity index (χ3n) is 3.69. The fraction of sp³-hybridized carbons (Fsp3) is 0.312. The van der Waals surface area contributed by atoms with E-state index in [0.29, 0.717) is 17.4 Å². The molecule has 0 saturated carbocycles. The van der Waals surface area contributed by atoms with Crippen LogP contribution in [-0.4, -0.2) is 41.2 Å². The third-order valence-corrected chi connectivity index (χ3v) is 3.69. The second kappa shape index (κ2) is 6.01. The van der Waals surface area contributed by atoms with E-state index < -0.39 is 5.97 Å². The summed E-state index contributed by atoms with van der Waals surface area (Å²) in [4.78, 5) is 22.1. The monoisotopic (exact) mass is 299 g/mol. The smallest absolute Gasteiger partial charge is 0.354 e. The average Bonchev–Trinajstić information content (AvgIpc) is 3.09. The summed E-state index contributed by atoms with van der Waals surface area (Å²) < 4.78 is 5.21. The van der Waals surface area contributed by atoms with E-state index in [1.807, 2.05) is 29.2 Å². The van der Waals surface area contributed by atoms with E-state index in [1.165, 1.54) is 6.07 Å². The molecule has 0 unspecified atom stereocenters. The Kier molecular flexibility index (Phi) is 3.91. The van der Waals surface area contributed by atoms with Gasteiger partial charge in [0.15, 0.2) is 5.69 Å². The van der Waals surface area contributed by atoms with Crippen molar-refractivity contribution in [3.05, 3.63) is 36.0 Å². The first-order chi connectivity index (χ1) is 10.7. The van der Waals surface area contributed by atoms with E-state index in [0.717, 1.165) is 31.5 Å². The maximum atomic E-state index is 11.3. The first-order valence-corrected chi connectivity index (χ1v) is 7.19. The van der Waals surface area contributed by atoms with Crippen molar-refractivity contribution in [2.75, 3.05) is 25.1 Å². The van der Waals surface area contributed by atoms with Crippen LogP contribution in [0.2, 0.25) is 0 Å². The minimum Gasteiger partial charge on any atom is -0.497 e. The van der Waals surface area contributed by atoms with Gasteiger partial charge in [-0.15, -0.1) is 0 Å². The van der Waals surface area contributed by atoms with Gasteiger partial charge in [0.25, 0.3) is 0 Å². The lowest BCUT2D eigenvalue weighted by atomic mass is 10.1. The molecule has 0 bridgehead atoms. The van der Waals surface area contributed by atoms with Crippen molar-refractivity contribution in [1.82, 2.24) is 9.97 Å². The summed E-state index contributed by atoms with van der Waals surface area (Å²) in [5.74, 6) is 0.137. The molecule has 0 atom stereocenters. The van der Waals surface area contributed by atoms with Gasteiger partial charge in [-0.1, -0.05) is 12.1 Å². The van der Waals surface area contributed by atoms with Gasteiger partial charge in [-0.25, -0.2) is 14.8 Å². The van der Waals surface area contributed by atoms with Crippen LogP contribution in [0.4, 0.5) is 5.95 Å². The Morgan fingerprint density at radius 1 is 1.23 bits per heavy atom. The lowest BCUT2D eigenvalue weighted by Crippen LogP contribution is -2.21. The fourth-order valence-electron chi connectivity index (χ4n) is 2.53. The molecule has 0 radical (unpaired) electrons. The average molecular weight is 299 g/mol. The number of hydrogen-bond donors (Lipinski definition) is 1. The van der Waals surface area contributed by atoms with Crippen LogP contribution in [-0.2, 0) is 0 Å². The molecule has 3 rings (SSSR count). The number of rotatable bonds is 4. The molecule has 1 aromatic heterocycles. The molecule has 0 amide bonds. The molecule has 1 fully saturated rings. The Balaban J connectivity index is 2.07. The van der Waals surface area contributed by atoms with E-state index in [9.17, 15) is 9.90 Å². The maximum absolute atomic E-state index is 11.3. The molecule has 114 valence electrons. The summed E-state index contributed by atoms with van der Waals surface area (Å²) in [6.07, 6.45) is 2.16. The van der Waals surface area contributed by atoms with Gasteiger partial charge >= 0.3 is 5.97 Å². The van der Waals surface area contributed by atoms with E-state index in [2.05, 4.69) is 9.97 Å². The fourth-order valence-corrected chi connectivity index (χ4v) is 2.53. The van der Waals surface area contributed by atoms with Gasteiger partial charge in [0, 0.05) is 18.7 Å². The van der Waals surface area contributed by atoms with Crippen molar-refractivity contribution >= 4 is 11.9 Å². The molecular formula is C16H17N3O3. The van der Waals surface area contributed by atoms with E-state index >= 15 is 0 Å². The highest BCUT2D eigenvalue weighted by Crippen LogP contribution is 2.25. The van der Waals surface area contributed by atoms with E-state index in [1.54, 1.807) is 7.11 Å². The van der Waals surface area contributed by atoms with Crippen LogP contribution in [0.15, 0.2) is 30.3 Å². The minimum absolute atomic E-state index is 0.00900. The lowest BCUT2D eigenvalue weighted by Gasteiger charge is -2.16. The summed E-state index contributed by atoms with van der Waals surface area (Å²) in [5.41, 5.74) is 1.41. The molecule has 0 spiro atoms. The Morgan fingerprint density at radius 2 is 2.00 bits per heavy atom. The lowest BCUT2D eigenvalue weighted by molar-refractivity contribution is 0.0690. The van der Waals surface area contributed by atoms with Crippen molar-refractivity contribution in [2.45, 2.75) is 12.8 Å². The molecule has 22 heavy (non-hydrogen) atoms. The first-order valence-electron chi connectivity index (χ1n) is 7.19. The number of anilines is 1. The molecular weight excluding hydrogens is 282 g/mol. The quantitative estimate of drug-likeness (QED) is 0.934. The number of aromatic carboxylic acids is 1. The molecule has 1 aliphatic rings. The largest absolute Gasteiger partial charge is 0.497 e. The standard InChI is InChI=1S/C16H17N3O3/c1-22-12-6-4-5-11(9-12)13-10-14(15(20)21)18-16(17-13)19-7-2-3-8-19/h4-6,9-10H,2-3,7-8H2,1H3,(H,20,21). The molecule has 1 N–H and O–H groups in total. The van der Waals surface area contributed by atoms with Crippen LogP contribution in [0, 0.1) is 0 Å². The van der Waals surface area contributed by atoms with Gasteiger partial charge in [-0.05, 0) is 31.0 Å². The normalized spacial score (nSPS) is 14.1. The minimum atomic E-state index is -1.05. The molecule has 6 heteroatoms. The van der Waals surface area contributed by atoms with E-state index in [4.69, 9.17) is 4.74 Å². The van der Waals surface area contributed by atoms with Gasteiger partial charge in [-0.2, -0.15) is 0 Å². The van der Waals surface area contributed by atoms with Gasteiger partial charge in [0.05, 0.1) is 12.8 Å². The summed E-state index contributed by atoms with van der Waals surface area (Å²) in [7, 11) is 1.59. The van der Waals surface area contributed by atoms with Crippen LogP contribution in [0.1, 0.15) is 23.3 Å². The number of benzene rings is 1. The van der Waals surface area contributed by atoms with Crippen LogP contribution in [0.3, 0.4) is 0 Å².